The van der Waals surface area contributed by atoms with Crippen LogP contribution in [0.2, 0.25) is 0 Å². The van der Waals surface area contributed by atoms with E-state index in [1.54, 1.807) is 54.5 Å². The summed E-state index contributed by atoms with van der Waals surface area (Å²) in [6, 6.07) is 14.2. The summed E-state index contributed by atoms with van der Waals surface area (Å²) in [4.78, 5) is 17.0. The number of rotatable bonds is 8. The molecule has 0 aliphatic rings. The molecule has 0 amide bonds. The first-order chi connectivity index (χ1) is 12.7. The molecule has 1 heterocycles. The number of benzene rings is 2. The molecule has 0 atom stereocenters. The summed E-state index contributed by atoms with van der Waals surface area (Å²) in [6.45, 7) is 4.15. The predicted molar refractivity (Wildman–Crippen MR) is 97.3 cm³/mol. The van der Waals surface area contributed by atoms with E-state index in [0.717, 1.165) is 0 Å². The van der Waals surface area contributed by atoms with Crippen molar-refractivity contribution in [2.24, 2.45) is 7.05 Å². The van der Waals surface area contributed by atoms with Crippen LogP contribution in [0.3, 0.4) is 0 Å². The van der Waals surface area contributed by atoms with Crippen LogP contribution in [0, 0.1) is 0 Å². The first kappa shape index (κ1) is 17.4. The van der Waals surface area contributed by atoms with Crippen LogP contribution in [-0.2, 0) is 13.7 Å². The zero-order chi connectivity index (χ0) is 18.4. The van der Waals surface area contributed by atoms with Crippen LogP contribution < -0.4 is 9.47 Å². The Hall–Kier alpha value is -3.41. The first-order valence-electron chi connectivity index (χ1n) is 8.12. The van der Waals surface area contributed by atoms with E-state index in [-0.39, 0.29) is 12.4 Å². The molecule has 0 saturated heterocycles. The highest BCUT2D eigenvalue weighted by Crippen LogP contribution is 2.28. The first-order valence-corrected chi connectivity index (χ1v) is 8.12. The van der Waals surface area contributed by atoms with Crippen molar-refractivity contribution in [3.8, 4) is 11.5 Å². The highest BCUT2D eigenvalue weighted by Gasteiger charge is 2.16. The molecule has 3 aromatic rings. The fraction of sp³-hybridized carbons (Fsp3) is 0.150. The maximum atomic E-state index is 12.8. The number of ketones is 1. The molecule has 132 valence electrons. The summed E-state index contributed by atoms with van der Waals surface area (Å²) in [5.41, 5.74) is 1.05. The largest absolute Gasteiger partial charge is 0.489 e. The van der Waals surface area contributed by atoms with Gasteiger partial charge < -0.3 is 9.47 Å². The van der Waals surface area contributed by atoms with Crippen LogP contribution >= 0.6 is 0 Å². The minimum absolute atomic E-state index is 0.121. The number of ether oxygens (including phenoxy) is 2. The molecule has 1 aromatic heterocycles. The standard InChI is InChI=1S/C20H19N3O3/c1-3-11-25-16-9-10-17(20(24)15-7-5-4-6-8-15)18(12-16)26-13-19-21-14-23(2)22-19/h3-10,12,14H,1,11,13H2,2H3. The Kier molecular flexibility index (Phi) is 5.43. The van der Waals surface area contributed by atoms with Gasteiger partial charge in [-0.3, -0.25) is 9.48 Å². The van der Waals surface area contributed by atoms with Crippen molar-refractivity contribution >= 4 is 5.78 Å². The van der Waals surface area contributed by atoms with Gasteiger partial charge in [-0.25, -0.2) is 4.98 Å². The van der Waals surface area contributed by atoms with E-state index in [4.69, 9.17) is 9.47 Å². The maximum absolute atomic E-state index is 12.8. The van der Waals surface area contributed by atoms with Gasteiger partial charge in [0.15, 0.2) is 11.6 Å². The zero-order valence-corrected chi connectivity index (χ0v) is 14.5. The third kappa shape index (κ3) is 4.16. The van der Waals surface area contributed by atoms with E-state index in [1.807, 2.05) is 18.2 Å². The average Bonchev–Trinajstić information content (AvgIpc) is 3.10. The van der Waals surface area contributed by atoms with Gasteiger partial charge in [-0.2, -0.15) is 5.10 Å². The van der Waals surface area contributed by atoms with Crippen LogP contribution in [0.25, 0.3) is 0 Å². The number of carbonyl (C=O) groups is 1. The molecule has 0 N–H and O–H groups in total. The molecule has 0 spiro atoms. The van der Waals surface area contributed by atoms with E-state index >= 15 is 0 Å². The molecule has 0 saturated carbocycles. The second-order valence-corrected chi connectivity index (χ2v) is 5.58. The summed E-state index contributed by atoms with van der Waals surface area (Å²) in [5, 5.41) is 4.18. The molecule has 0 aliphatic carbocycles. The summed E-state index contributed by atoms with van der Waals surface area (Å²) in [6.07, 6.45) is 3.25. The highest BCUT2D eigenvalue weighted by molar-refractivity contribution is 6.10. The molecule has 26 heavy (non-hydrogen) atoms. The summed E-state index contributed by atoms with van der Waals surface area (Å²) in [7, 11) is 1.78. The topological polar surface area (TPSA) is 66.2 Å². The Balaban J connectivity index is 1.88. The van der Waals surface area contributed by atoms with Gasteiger partial charge >= 0.3 is 0 Å². The van der Waals surface area contributed by atoms with Gasteiger partial charge in [0.1, 0.15) is 31.0 Å². The summed E-state index contributed by atoms with van der Waals surface area (Å²) in [5.74, 6) is 1.43. The van der Waals surface area contributed by atoms with Gasteiger partial charge in [-0.05, 0) is 12.1 Å². The van der Waals surface area contributed by atoms with E-state index < -0.39 is 0 Å². The molecular formula is C20H19N3O3. The Labute approximate surface area is 151 Å². The van der Waals surface area contributed by atoms with Crippen LogP contribution in [0.1, 0.15) is 21.7 Å². The molecule has 0 fully saturated rings. The van der Waals surface area contributed by atoms with Crippen molar-refractivity contribution < 1.29 is 14.3 Å². The molecule has 0 bridgehead atoms. The summed E-state index contributed by atoms with van der Waals surface area (Å²) < 4.78 is 13.0. The third-order valence-electron chi connectivity index (χ3n) is 3.61. The van der Waals surface area contributed by atoms with Crippen LogP contribution in [0.15, 0.2) is 67.5 Å². The van der Waals surface area contributed by atoms with Crippen molar-refractivity contribution in [3.05, 3.63) is 84.5 Å². The number of hydrogen-bond acceptors (Lipinski definition) is 5. The molecule has 0 radical (unpaired) electrons. The highest BCUT2D eigenvalue weighted by atomic mass is 16.5. The fourth-order valence-electron chi connectivity index (χ4n) is 2.39. The number of nitrogens with zero attached hydrogens (tertiary/aromatic N) is 3. The van der Waals surface area contributed by atoms with Gasteiger partial charge in [0, 0.05) is 18.7 Å². The smallest absolute Gasteiger partial charge is 0.196 e. The van der Waals surface area contributed by atoms with E-state index in [9.17, 15) is 4.79 Å². The van der Waals surface area contributed by atoms with Crippen molar-refractivity contribution in [1.29, 1.82) is 0 Å². The SMILES string of the molecule is C=CCOc1ccc(C(=O)c2ccccc2)c(OCc2ncn(C)n2)c1. The lowest BCUT2D eigenvalue weighted by molar-refractivity contribution is 0.103. The molecular weight excluding hydrogens is 330 g/mol. The van der Waals surface area contributed by atoms with Gasteiger partial charge in [0.05, 0.1) is 5.56 Å². The van der Waals surface area contributed by atoms with E-state index in [0.29, 0.717) is 35.1 Å². The predicted octanol–water partition coefficient (Wildman–Crippen LogP) is 3.19. The second kappa shape index (κ2) is 8.11. The van der Waals surface area contributed by atoms with Crippen molar-refractivity contribution in [2.45, 2.75) is 6.61 Å². The Morgan fingerprint density at radius 1 is 1.19 bits per heavy atom. The van der Waals surface area contributed by atoms with Crippen molar-refractivity contribution in [1.82, 2.24) is 14.8 Å². The zero-order valence-electron chi connectivity index (χ0n) is 14.5. The van der Waals surface area contributed by atoms with E-state index in [2.05, 4.69) is 16.7 Å². The quantitative estimate of drug-likeness (QED) is 0.461. The normalized spacial score (nSPS) is 10.3. The molecule has 6 nitrogen and oxygen atoms in total. The third-order valence-corrected chi connectivity index (χ3v) is 3.61. The van der Waals surface area contributed by atoms with Crippen LogP contribution in [-0.4, -0.2) is 27.2 Å². The minimum Gasteiger partial charge on any atom is -0.489 e. The lowest BCUT2D eigenvalue weighted by Crippen LogP contribution is -2.07. The van der Waals surface area contributed by atoms with Gasteiger partial charge in [-0.15, -0.1) is 0 Å². The van der Waals surface area contributed by atoms with Crippen LogP contribution in [0.4, 0.5) is 0 Å². The fourth-order valence-corrected chi connectivity index (χ4v) is 2.39. The Morgan fingerprint density at radius 3 is 2.69 bits per heavy atom. The van der Waals surface area contributed by atoms with Gasteiger partial charge in [-0.1, -0.05) is 43.0 Å². The Morgan fingerprint density at radius 2 is 2.00 bits per heavy atom. The molecule has 6 heteroatoms. The number of hydrogen-bond donors (Lipinski definition) is 0. The molecule has 0 unspecified atom stereocenters. The Bertz CT molecular complexity index is 904. The van der Waals surface area contributed by atoms with Gasteiger partial charge in [0.2, 0.25) is 0 Å². The van der Waals surface area contributed by atoms with E-state index in [1.165, 1.54) is 0 Å². The number of aromatic nitrogens is 3. The average molecular weight is 349 g/mol. The molecule has 0 aliphatic heterocycles. The van der Waals surface area contributed by atoms with Gasteiger partial charge in [0.25, 0.3) is 0 Å². The summed E-state index contributed by atoms with van der Waals surface area (Å²) >= 11 is 0. The van der Waals surface area contributed by atoms with Crippen molar-refractivity contribution in [2.75, 3.05) is 6.61 Å². The molecule has 3 rings (SSSR count). The van der Waals surface area contributed by atoms with Crippen LogP contribution in [0.5, 0.6) is 11.5 Å². The lowest BCUT2D eigenvalue weighted by atomic mass is 10.0. The number of aryl methyl sites for hydroxylation is 1. The monoisotopic (exact) mass is 349 g/mol. The molecule has 2 aromatic carbocycles. The number of carbonyl (C=O) groups excluding carboxylic acids is 1. The second-order valence-electron chi connectivity index (χ2n) is 5.58. The van der Waals surface area contributed by atoms with Crippen molar-refractivity contribution in [3.63, 3.8) is 0 Å². The maximum Gasteiger partial charge on any atom is 0.196 e. The lowest BCUT2D eigenvalue weighted by Gasteiger charge is -2.12. The minimum atomic E-state index is -0.121.